The number of rotatable bonds is 5. The van der Waals surface area contributed by atoms with Crippen LogP contribution in [0.25, 0.3) is 0 Å². The first-order chi connectivity index (χ1) is 9.56. The lowest BCUT2D eigenvalue weighted by Crippen LogP contribution is -2.05. The van der Waals surface area contributed by atoms with Crippen LogP contribution in [0.15, 0.2) is 48.5 Å². The van der Waals surface area contributed by atoms with Gasteiger partial charge in [-0.2, -0.15) is 0 Å². The van der Waals surface area contributed by atoms with Gasteiger partial charge in [-0.05, 0) is 42.3 Å². The van der Waals surface area contributed by atoms with E-state index in [2.05, 4.69) is 0 Å². The van der Waals surface area contributed by atoms with Gasteiger partial charge in [-0.15, -0.1) is 0 Å². The Morgan fingerprint density at radius 1 is 1.25 bits per heavy atom. The summed E-state index contributed by atoms with van der Waals surface area (Å²) in [4.78, 5) is 10.7. The monoisotopic (exact) mass is 271 g/mol. The Hall–Kier alpha value is -2.33. The van der Waals surface area contributed by atoms with Crippen molar-refractivity contribution in [2.45, 2.75) is 19.6 Å². The van der Waals surface area contributed by atoms with Gasteiger partial charge in [0.15, 0.2) is 0 Å². The molecule has 0 aliphatic rings. The minimum atomic E-state index is -0.929. The van der Waals surface area contributed by atoms with E-state index in [1.807, 2.05) is 31.2 Å². The zero-order chi connectivity index (χ0) is 14.5. The Kier molecular flexibility index (Phi) is 4.38. The van der Waals surface area contributed by atoms with Gasteiger partial charge in [0.1, 0.15) is 12.4 Å². The predicted molar refractivity (Wildman–Crippen MR) is 76.8 cm³/mol. The number of carboxylic acids is 1. The summed E-state index contributed by atoms with van der Waals surface area (Å²) in [5, 5.41) is 8.82. The number of carbonyl (C=O) groups is 1. The van der Waals surface area contributed by atoms with Crippen LogP contribution >= 0.6 is 0 Å². The normalized spacial score (nSPS) is 11.9. The van der Waals surface area contributed by atoms with Gasteiger partial charge in [-0.1, -0.05) is 24.3 Å². The first-order valence-electron chi connectivity index (χ1n) is 6.37. The lowest BCUT2D eigenvalue weighted by molar-refractivity contribution is 0.0697. The lowest BCUT2D eigenvalue weighted by Gasteiger charge is -2.10. The van der Waals surface area contributed by atoms with Gasteiger partial charge in [0, 0.05) is 6.04 Å². The fourth-order valence-corrected chi connectivity index (χ4v) is 1.80. The van der Waals surface area contributed by atoms with Gasteiger partial charge in [0.2, 0.25) is 0 Å². The van der Waals surface area contributed by atoms with Gasteiger partial charge in [-0.3, -0.25) is 0 Å². The number of nitrogens with two attached hydrogens (primary N) is 1. The van der Waals surface area contributed by atoms with E-state index in [9.17, 15) is 4.79 Å². The van der Waals surface area contributed by atoms with Crippen LogP contribution in [0, 0.1) is 0 Å². The summed E-state index contributed by atoms with van der Waals surface area (Å²) < 4.78 is 5.68. The molecule has 0 spiro atoms. The summed E-state index contributed by atoms with van der Waals surface area (Å²) in [5.41, 5.74) is 8.03. The van der Waals surface area contributed by atoms with Crippen LogP contribution < -0.4 is 10.5 Å². The number of aromatic carboxylic acids is 1. The molecule has 0 aliphatic carbocycles. The predicted octanol–water partition coefficient (Wildman–Crippen LogP) is 2.98. The van der Waals surface area contributed by atoms with E-state index in [1.54, 1.807) is 24.3 Å². The van der Waals surface area contributed by atoms with Crippen molar-refractivity contribution in [2.24, 2.45) is 5.73 Å². The molecule has 0 aliphatic heterocycles. The molecule has 4 heteroatoms. The number of hydrogen-bond donors (Lipinski definition) is 2. The number of hydrogen-bond acceptors (Lipinski definition) is 3. The number of ether oxygens (including phenoxy) is 1. The molecule has 0 radical (unpaired) electrons. The fourth-order valence-electron chi connectivity index (χ4n) is 1.80. The molecule has 0 aromatic heterocycles. The van der Waals surface area contributed by atoms with E-state index in [-0.39, 0.29) is 11.6 Å². The number of carboxylic acid groups (broad SMARTS) is 1. The molecule has 4 nitrogen and oxygen atoms in total. The molecular formula is C16H17NO3. The minimum Gasteiger partial charge on any atom is -0.489 e. The van der Waals surface area contributed by atoms with Crippen molar-refractivity contribution in [3.05, 3.63) is 65.2 Å². The van der Waals surface area contributed by atoms with Gasteiger partial charge in [-0.25, -0.2) is 4.79 Å². The van der Waals surface area contributed by atoms with E-state index in [0.717, 1.165) is 16.9 Å². The van der Waals surface area contributed by atoms with Crippen LogP contribution in [-0.2, 0) is 6.61 Å². The molecule has 0 fully saturated rings. The first-order valence-corrected chi connectivity index (χ1v) is 6.37. The largest absolute Gasteiger partial charge is 0.489 e. The van der Waals surface area contributed by atoms with Gasteiger partial charge >= 0.3 is 5.97 Å². The summed E-state index contributed by atoms with van der Waals surface area (Å²) in [6.45, 7) is 2.31. The molecule has 2 aromatic carbocycles. The first kappa shape index (κ1) is 14.1. The highest BCUT2D eigenvalue weighted by atomic mass is 16.5. The number of benzene rings is 2. The van der Waals surface area contributed by atoms with Crippen molar-refractivity contribution < 1.29 is 14.6 Å². The van der Waals surface area contributed by atoms with Crippen molar-refractivity contribution >= 4 is 5.97 Å². The Bertz CT molecular complexity index is 591. The third kappa shape index (κ3) is 3.59. The van der Waals surface area contributed by atoms with Gasteiger partial charge < -0.3 is 15.6 Å². The maximum atomic E-state index is 10.7. The minimum absolute atomic E-state index is 0.0339. The average molecular weight is 271 g/mol. The second-order valence-electron chi connectivity index (χ2n) is 4.65. The van der Waals surface area contributed by atoms with E-state index in [1.165, 1.54) is 0 Å². The maximum absolute atomic E-state index is 10.7. The molecule has 0 heterocycles. The quantitative estimate of drug-likeness (QED) is 0.876. The third-order valence-electron chi connectivity index (χ3n) is 2.99. The summed E-state index contributed by atoms with van der Waals surface area (Å²) in [7, 11) is 0. The summed E-state index contributed by atoms with van der Waals surface area (Å²) in [5.74, 6) is -0.177. The molecule has 2 rings (SSSR count). The fraction of sp³-hybridized carbons (Fsp3) is 0.188. The van der Waals surface area contributed by atoms with E-state index >= 15 is 0 Å². The Balaban J connectivity index is 2.01. The van der Waals surface area contributed by atoms with Crippen molar-refractivity contribution in [3.63, 3.8) is 0 Å². The molecule has 0 unspecified atom stereocenters. The SMILES string of the molecule is C[C@H](N)c1cccc(OCc2ccc(C(=O)O)cc2)c1. The van der Waals surface area contributed by atoms with E-state index in [4.69, 9.17) is 15.6 Å². The van der Waals surface area contributed by atoms with Crippen LogP contribution in [0.1, 0.15) is 34.5 Å². The van der Waals surface area contributed by atoms with Crippen molar-refractivity contribution in [1.82, 2.24) is 0 Å². The maximum Gasteiger partial charge on any atom is 0.335 e. The molecule has 0 bridgehead atoms. The van der Waals surface area contributed by atoms with Crippen molar-refractivity contribution in [2.75, 3.05) is 0 Å². The second-order valence-corrected chi connectivity index (χ2v) is 4.65. The summed E-state index contributed by atoms with van der Waals surface area (Å²) in [6.07, 6.45) is 0. The molecule has 2 aromatic rings. The van der Waals surface area contributed by atoms with E-state index < -0.39 is 5.97 Å². The van der Waals surface area contributed by atoms with Crippen LogP contribution in [0.5, 0.6) is 5.75 Å². The molecule has 0 saturated carbocycles. The molecular weight excluding hydrogens is 254 g/mol. The van der Waals surface area contributed by atoms with Crippen molar-refractivity contribution in [3.8, 4) is 5.75 Å². The Labute approximate surface area is 117 Å². The van der Waals surface area contributed by atoms with E-state index in [0.29, 0.717) is 6.61 Å². The average Bonchev–Trinajstić information content (AvgIpc) is 2.46. The molecule has 1 atom stereocenters. The molecule has 104 valence electrons. The highest BCUT2D eigenvalue weighted by Crippen LogP contribution is 2.18. The highest BCUT2D eigenvalue weighted by molar-refractivity contribution is 5.87. The van der Waals surface area contributed by atoms with Gasteiger partial charge in [0.25, 0.3) is 0 Å². The molecule has 3 N–H and O–H groups in total. The molecule has 20 heavy (non-hydrogen) atoms. The van der Waals surface area contributed by atoms with Crippen LogP contribution in [0.4, 0.5) is 0 Å². The van der Waals surface area contributed by atoms with Crippen molar-refractivity contribution in [1.29, 1.82) is 0 Å². The van der Waals surface area contributed by atoms with Gasteiger partial charge in [0.05, 0.1) is 5.56 Å². The van der Waals surface area contributed by atoms with Crippen LogP contribution in [-0.4, -0.2) is 11.1 Å². The topological polar surface area (TPSA) is 72.5 Å². The Morgan fingerprint density at radius 2 is 1.95 bits per heavy atom. The summed E-state index contributed by atoms with van der Waals surface area (Å²) in [6, 6.07) is 14.2. The zero-order valence-electron chi connectivity index (χ0n) is 11.2. The smallest absolute Gasteiger partial charge is 0.335 e. The Morgan fingerprint density at radius 3 is 2.55 bits per heavy atom. The third-order valence-corrected chi connectivity index (χ3v) is 2.99. The van der Waals surface area contributed by atoms with Crippen LogP contribution in [0.3, 0.4) is 0 Å². The standard InChI is InChI=1S/C16H17NO3/c1-11(17)14-3-2-4-15(9-14)20-10-12-5-7-13(8-6-12)16(18)19/h2-9,11H,10,17H2,1H3,(H,18,19)/t11-/m0/s1. The molecule has 0 saturated heterocycles. The highest BCUT2D eigenvalue weighted by Gasteiger charge is 2.04. The summed E-state index contributed by atoms with van der Waals surface area (Å²) >= 11 is 0. The van der Waals surface area contributed by atoms with Crippen LogP contribution in [0.2, 0.25) is 0 Å². The lowest BCUT2D eigenvalue weighted by atomic mass is 10.1. The molecule has 0 amide bonds. The zero-order valence-corrected chi connectivity index (χ0v) is 11.2. The second kappa shape index (κ2) is 6.21.